The highest BCUT2D eigenvalue weighted by atomic mass is 32.1. The molecule has 0 aliphatic carbocycles. The van der Waals surface area contributed by atoms with Crippen molar-refractivity contribution in [1.29, 1.82) is 0 Å². The Balaban J connectivity index is 1.76. The van der Waals surface area contributed by atoms with Gasteiger partial charge in [-0.1, -0.05) is 13.0 Å². The molecule has 0 aliphatic heterocycles. The summed E-state index contributed by atoms with van der Waals surface area (Å²) in [6.07, 6.45) is 0.633. The second kappa shape index (κ2) is 12.1. The molecular weight excluding hydrogens is 474 g/mol. The normalized spacial score (nSPS) is 10.5. The summed E-state index contributed by atoms with van der Waals surface area (Å²) in [4.78, 5) is 38.1. The van der Waals surface area contributed by atoms with Crippen molar-refractivity contribution in [2.45, 2.75) is 33.8 Å². The highest BCUT2D eigenvalue weighted by molar-refractivity contribution is 7.18. The second-order valence-electron chi connectivity index (χ2n) is 7.30. The van der Waals surface area contributed by atoms with E-state index in [1.165, 1.54) is 6.07 Å². The molecule has 0 saturated heterocycles. The Kier molecular flexibility index (Phi) is 8.91. The van der Waals surface area contributed by atoms with E-state index in [2.05, 4.69) is 5.32 Å². The predicted molar refractivity (Wildman–Crippen MR) is 130 cm³/mol. The number of benzene rings is 1. The third-order valence-corrected chi connectivity index (χ3v) is 5.97. The van der Waals surface area contributed by atoms with Crippen molar-refractivity contribution in [3.8, 4) is 11.5 Å². The van der Waals surface area contributed by atoms with Gasteiger partial charge in [-0.15, -0.1) is 11.3 Å². The van der Waals surface area contributed by atoms with Crippen LogP contribution in [0, 0.1) is 6.92 Å². The average molecular weight is 502 g/mol. The molecule has 0 spiro atoms. The predicted octanol–water partition coefficient (Wildman–Crippen LogP) is 5.23. The summed E-state index contributed by atoms with van der Waals surface area (Å²) >= 11 is 0.951. The molecule has 1 N–H and O–H groups in total. The van der Waals surface area contributed by atoms with Crippen molar-refractivity contribution >= 4 is 34.2 Å². The van der Waals surface area contributed by atoms with Gasteiger partial charge in [-0.05, 0) is 50.1 Å². The summed E-state index contributed by atoms with van der Waals surface area (Å²) < 4.78 is 26.8. The maximum Gasteiger partial charge on any atom is 0.348 e. The molecule has 0 unspecified atom stereocenters. The number of thiophene rings is 1. The first kappa shape index (κ1) is 25.8. The zero-order valence-electron chi connectivity index (χ0n) is 20.0. The van der Waals surface area contributed by atoms with Gasteiger partial charge in [-0.3, -0.25) is 4.79 Å². The van der Waals surface area contributed by atoms with Gasteiger partial charge in [0.1, 0.15) is 33.7 Å². The van der Waals surface area contributed by atoms with E-state index >= 15 is 0 Å². The molecule has 9 nitrogen and oxygen atoms in total. The molecule has 2 aromatic heterocycles. The van der Waals surface area contributed by atoms with Gasteiger partial charge in [0.05, 0.1) is 25.9 Å². The molecule has 0 fully saturated rings. The summed E-state index contributed by atoms with van der Waals surface area (Å²) in [6, 6.07) is 10.2. The molecule has 0 aliphatic rings. The number of carbonyl (C=O) groups excluding carboxylic acids is 3. The standard InChI is InChI=1S/C25H27NO8S/c1-5-12-32-24(28)20-15(3)21(25(29)31-6-2)35-23(20)26-22(27)19-11-10-18(34-19)14-33-17-9-7-8-16(13-17)30-4/h7-11,13H,5-6,12,14H2,1-4H3,(H,26,27). The molecule has 0 saturated carbocycles. The van der Waals surface area contributed by atoms with Crippen LogP contribution in [0.1, 0.15) is 62.2 Å². The number of hydrogen-bond acceptors (Lipinski definition) is 9. The molecule has 3 aromatic rings. The smallest absolute Gasteiger partial charge is 0.348 e. The van der Waals surface area contributed by atoms with Crippen LogP contribution in [0.25, 0.3) is 0 Å². The second-order valence-corrected chi connectivity index (χ2v) is 8.33. The van der Waals surface area contributed by atoms with Crippen LogP contribution in [0.2, 0.25) is 0 Å². The zero-order chi connectivity index (χ0) is 25.4. The molecule has 3 rings (SSSR count). The summed E-state index contributed by atoms with van der Waals surface area (Å²) in [6.45, 7) is 5.66. The van der Waals surface area contributed by atoms with E-state index in [9.17, 15) is 14.4 Å². The number of esters is 2. The van der Waals surface area contributed by atoms with Crippen LogP contribution in [0.15, 0.2) is 40.8 Å². The summed E-state index contributed by atoms with van der Waals surface area (Å²) in [5, 5.41) is 2.85. The van der Waals surface area contributed by atoms with Crippen LogP contribution in [-0.4, -0.2) is 38.2 Å². The van der Waals surface area contributed by atoms with Gasteiger partial charge in [0.25, 0.3) is 5.91 Å². The highest BCUT2D eigenvalue weighted by Gasteiger charge is 2.28. The first-order valence-electron chi connectivity index (χ1n) is 11.0. The Labute approximate surface area is 206 Å². The molecule has 1 aromatic carbocycles. The van der Waals surface area contributed by atoms with Gasteiger partial charge in [-0.2, -0.15) is 0 Å². The first-order chi connectivity index (χ1) is 16.9. The Morgan fingerprint density at radius 2 is 1.80 bits per heavy atom. The molecule has 10 heteroatoms. The molecule has 0 atom stereocenters. The number of amides is 1. The number of ether oxygens (including phenoxy) is 4. The third kappa shape index (κ3) is 6.42. The van der Waals surface area contributed by atoms with Gasteiger partial charge in [0.15, 0.2) is 5.76 Å². The zero-order valence-corrected chi connectivity index (χ0v) is 20.8. The van der Waals surface area contributed by atoms with E-state index in [1.54, 1.807) is 51.3 Å². The molecule has 186 valence electrons. The Morgan fingerprint density at radius 1 is 1.03 bits per heavy atom. The Bertz CT molecular complexity index is 1200. The van der Waals surface area contributed by atoms with Crippen LogP contribution < -0.4 is 14.8 Å². The minimum absolute atomic E-state index is 0.0193. The van der Waals surface area contributed by atoms with E-state index < -0.39 is 17.8 Å². The quantitative estimate of drug-likeness (QED) is 0.355. The Morgan fingerprint density at radius 3 is 2.51 bits per heavy atom. The Hall–Kier alpha value is -3.79. The van der Waals surface area contributed by atoms with Gasteiger partial charge in [0, 0.05) is 6.07 Å². The average Bonchev–Trinajstić information content (AvgIpc) is 3.46. The van der Waals surface area contributed by atoms with E-state index in [1.807, 2.05) is 6.92 Å². The first-order valence-corrected chi connectivity index (χ1v) is 11.8. The van der Waals surface area contributed by atoms with Gasteiger partial charge >= 0.3 is 11.9 Å². The lowest BCUT2D eigenvalue weighted by atomic mass is 10.1. The summed E-state index contributed by atoms with van der Waals surface area (Å²) in [5.41, 5.74) is 0.504. The van der Waals surface area contributed by atoms with E-state index in [0.717, 1.165) is 11.3 Å². The lowest BCUT2D eigenvalue weighted by molar-refractivity contribution is 0.0506. The lowest BCUT2D eigenvalue weighted by Crippen LogP contribution is -2.14. The van der Waals surface area contributed by atoms with Crippen molar-refractivity contribution in [3.63, 3.8) is 0 Å². The number of furan rings is 1. The topological polar surface area (TPSA) is 113 Å². The lowest BCUT2D eigenvalue weighted by Gasteiger charge is -2.07. The van der Waals surface area contributed by atoms with Crippen LogP contribution >= 0.6 is 11.3 Å². The maximum absolute atomic E-state index is 12.9. The number of hydrogen-bond donors (Lipinski definition) is 1. The van der Waals surface area contributed by atoms with Crippen molar-refractivity contribution in [3.05, 3.63) is 63.9 Å². The largest absolute Gasteiger partial charge is 0.497 e. The SMILES string of the molecule is CCCOC(=O)c1c(NC(=O)c2ccc(COc3cccc(OC)c3)o2)sc(C(=O)OCC)c1C. The van der Waals surface area contributed by atoms with E-state index in [-0.39, 0.29) is 41.0 Å². The fourth-order valence-corrected chi connectivity index (χ4v) is 4.18. The minimum atomic E-state index is -0.627. The molecule has 2 heterocycles. The summed E-state index contributed by atoms with van der Waals surface area (Å²) in [7, 11) is 1.57. The van der Waals surface area contributed by atoms with Crippen molar-refractivity contribution in [1.82, 2.24) is 0 Å². The van der Waals surface area contributed by atoms with Crippen LogP contribution in [0.5, 0.6) is 11.5 Å². The van der Waals surface area contributed by atoms with Gasteiger partial charge in [-0.25, -0.2) is 9.59 Å². The van der Waals surface area contributed by atoms with Gasteiger partial charge < -0.3 is 28.7 Å². The highest BCUT2D eigenvalue weighted by Crippen LogP contribution is 2.35. The summed E-state index contributed by atoms with van der Waals surface area (Å²) in [5.74, 6) is -0.0978. The fraction of sp³-hybridized carbons (Fsp3) is 0.320. The molecular formula is C25H27NO8S. The maximum atomic E-state index is 12.9. The van der Waals surface area contributed by atoms with Crippen molar-refractivity contribution in [2.75, 3.05) is 25.6 Å². The van der Waals surface area contributed by atoms with E-state index in [4.69, 9.17) is 23.4 Å². The fourth-order valence-electron chi connectivity index (χ4n) is 3.09. The van der Waals surface area contributed by atoms with Crippen molar-refractivity contribution in [2.24, 2.45) is 0 Å². The number of rotatable bonds is 11. The van der Waals surface area contributed by atoms with Crippen LogP contribution in [0.3, 0.4) is 0 Å². The molecule has 35 heavy (non-hydrogen) atoms. The minimum Gasteiger partial charge on any atom is -0.497 e. The monoisotopic (exact) mass is 501 g/mol. The third-order valence-electron chi connectivity index (χ3n) is 4.78. The molecule has 0 radical (unpaired) electrons. The number of anilines is 1. The number of methoxy groups -OCH3 is 1. The van der Waals surface area contributed by atoms with Gasteiger partial charge in [0.2, 0.25) is 0 Å². The molecule has 1 amide bonds. The van der Waals surface area contributed by atoms with Crippen molar-refractivity contribution < 1.29 is 37.7 Å². The molecule has 0 bridgehead atoms. The van der Waals surface area contributed by atoms with E-state index in [0.29, 0.717) is 29.2 Å². The van der Waals surface area contributed by atoms with Crippen LogP contribution in [-0.2, 0) is 16.1 Å². The number of carbonyl (C=O) groups is 3. The number of nitrogens with one attached hydrogen (secondary N) is 1. The van der Waals surface area contributed by atoms with Crippen LogP contribution in [0.4, 0.5) is 5.00 Å².